The fourth-order valence-corrected chi connectivity index (χ4v) is 3.85. The second-order valence-electron chi connectivity index (χ2n) is 8.34. The van der Waals surface area contributed by atoms with Gasteiger partial charge in [-0.3, -0.25) is 4.79 Å². The highest BCUT2D eigenvalue weighted by atomic mass is 35.5. The average Bonchev–Trinajstić information content (AvgIpc) is 3.16. The van der Waals surface area contributed by atoms with Crippen LogP contribution in [-0.2, 0) is 17.8 Å². The van der Waals surface area contributed by atoms with Crippen LogP contribution in [0.2, 0.25) is 5.02 Å². The molecule has 1 N–H and O–H groups in total. The molecule has 4 aromatic rings. The highest BCUT2D eigenvalue weighted by Crippen LogP contribution is 2.20. The summed E-state index contributed by atoms with van der Waals surface area (Å²) in [6.45, 7) is 5.58. The number of carbonyl (C=O) groups is 1. The number of nitrogens with zero attached hydrogens (tertiary/aromatic N) is 2. The summed E-state index contributed by atoms with van der Waals surface area (Å²) in [6.07, 6.45) is 0.630. The van der Waals surface area contributed by atoms with Crippen LogP contribution in [0.3, 0.4) is 0 Å². The number of carbonyl (C=O) groups excluding carboxylic acids is 1. The van der Waals surface area contributed by atoms with Gasteiger partial charge in [-0.15, -0.1) is 0 Å². The lowest BCUT2D eigenvalue weighted by atomic mass is 10.0. The first-order valence-electron chi connectivity index (χ1n) is 11.2. The van der Waals surface area contributed by atoms with Crippen molar-refractivity contribution in [1.82, 2.24) is 14.9 Å². The summed E-state index contributed by atoms with van der Waals surface area (Å²) >= 11 is 5.87. The van der Waals surface area contributed by atoms with Crippen LogP contribution in [0.4, 0.5) is 0 Å². The lowest BCUT2D eigenvalue weighted by molar-refractivity contribution is -0.123. The Kier molecular flexibility index (Phi) is 7.30. The van der Waals surface area contributed by atoms with Crippen molar-refractivity contribution in [3.05, 3.63) is 94.8 Å². The molecule has 4 rings (SSSR count). The molecule has 0 unspecified atom stereocenters. The van der Waals surface area contributed by atoms with Crippen molar-refractivity contribution in [2.75, 3.05) is 13.2 Å². The molecule has 0 aliphatic rings. The zero-order chi connectivity index (χ0) is 23.2. The minimum absolute atomic E-state index is 0.0414. The number of hydrogen-bond donors (Lipinski definition) is 1. The zero-order valence-corrected chi connectivity index (χ0v) is 19.7. The lowest BCUT2D eigenvalue weighted by Crippen LogP contribution is -2.31. The van der Waals surface area contributed by atoms with Gasteiger partial charge in [0.1, 0.15) is 11.6 Å². The van der Waals surface area contributed by atoms with Gasteiger partial charge < -0.3 is 14.6 Å². The maximum Gasteiger partial charge on any atom is 0.257 e. The Morgan fingerprint density at radius 1 is 1.03 bits per heavy atom. The molecule has 0 bridgehead atoms. The highest BCUT2D eigenvalue weighted by molar-refractivity contribution is 6.30. The van der Waals surface area contributed by atoms with Crippen molar-refractivity contribution >= 4 is 28.5 Å². The molecule has 0 aliphatic carbocycles. The molecule has 1 amide bonds. The summed E-state index contributed by atoms with van der Waals surface area (Å²) in [5, 5.41) is 3.55. The summed E-state index contributed by atoms with van der Waals surface area (Å²) in [6, 6.07) is 23.8. The molecule has 0 radical (unpaired) electrons. The third-order valence-electron chi connectivity index (χ3n) is 5.58. The topological polar surface area (TPSA) is 56.2 Å². The van der Waals surface area contributed by atoms with Gasteiger partial charge in [-0.2, -0.15) is 0 Å². The predicted octanol–water partition coefficient (Wildman–Crippen LogP) is 5.60. The van der Waals surface area contributed by atoms with Crippen LogP contribution >= 0.6 is 11.6 Å². The monoisotopic (exact) mass is 461 g/mol. The largest absolute Gasteiger partial charge is 0.484 e. The van der Waals surface area contributed by atoms with E-state index in [1.54, 1.807) is 24.3 Å². The smallest absolute Gasteiger partial charge is 0.257 e. The summed E-state index contributed by atoms with van der Waals surface area (Å²) in [5.74, 6) is 1.90. The molecule has 0 fully saturated rings. The van der Waals surface area contributed by atoms with Crippen molar-refractivity contribution in [2.45, 2.75) is 32.7 Å². The van der Waals surface area contributed by atoms with Crippen LogP contribution in [-0.4, -0.2) is 28.6 Å². The Bertz CT molecular complexity index is 1210. The molecule has 6 heteroatoms. The van der Waals surface area contributed by atoms with E-state index in [1.165, 1.54) is 11.1 Å². The summed E-state index contributed by atoms with van der Waals surface area (Å²) in [4.78, 5) is 17.0. The summed E-state index contributed by atoms with van der Waals surface area (Å²) < 4.78 is 7.74. The molecule has 0 saturated carbocycles. The number of rotatable bonds is 9. The molecular formula is C27H28ClN3O2. The molecule has 0 atom stereocenters. The first-order chi connectivity index (χ1) is 16.0. The van der Waals surface area contributed by atoms with Gasteiger partial charge in [0.15, 0.2) is 6.61 Å². The molecule has 0 aliphatic heterocycles. The average molecular weight is 462 g/mol. The van der Waals surface area contributed by atoms with E-state index in [4.69, 9.17) is 21.3 Å². The Labute approximate surface area is 199 Å². The first kappa shape index (κ1) is 22.9. The van der Waals surface area contributed by atoms with E-state index < -0.39 is 0 Å². The van der Waals surface area contributed by atoms with Crippen molar-refractivity contribution < 1.29 is 9.53 Å². The van der Waals surface area contributed by atoms with Gasteiger partial charge in [0, 0.05) is 24.5 Å². The molecule has 0 spiro atoms. The molecule has 5 nitrogen and oxygen atoms in total. The van der Waals surface area contributed by atoms with Crippen molar-refractivity contribution in [3.8, 4) is 5.75 Å². The number of ether oxygens (including phenoxy) is 1. The van der Waals surface area contributed by atoms with Gasteiger partial charge in [-0.05, 0) is 53.4 Å². The number of amides is 1. The maximum atomic E-state index is 12.2. The number of halogens is 1. The third-order valence-corrected chi connectivity index (χ3v) is 5.83. The number of nitrogens with one attached hydrogen (secondary N) is 1. The standard InChI is InChI=1S/C27H28ClN3O2/c1-19(2)21-9-7-20(8-10-21)17-31-25-6-4-3-5-24(25)30-26(31)15-16-29-27(32)18-33-23-13-11-22(28)12-14-23/h3-14,19H,15-18H2,1-2H3,(H,29,32). The molecule has 33 heavy (non-hydrogen) atoms. The van der Waals surface area contributed by atoms with Crippen LogP contribution < -0.4 is 10.1 Å². The van der Waals surface area contributed by atoms with E-state index in [-0.39, 0.29) is 12.5 Å². The highest BCUT2D eigenvalue weighted by Gasteiger charge is 2.12. The van der Waals surface area contributed by atoms with Gasteiger partial charge >= 0.3 is 0 Å². The molecule has 1 heterocycles. The maximum absolute atomic E-state index is 12.2. The zero-order valence-electron chi connectivity index (χ0n) is 18.9. The second-order valence-corrected chi connectivity index (χ2v) is 8.78. The SMILES string of the molecule is CC(C)c1ccc(Cn2c(CCNC(=O)COc3ccc(Cl)cc3)nc3ccccc32)cc1. The van der Waals surface area contributed by atoms with Crippen molar-refractivity contribution in [2.24, 2.45) is 0 Å². The lowest BCUT2D eigenvalue weighted by Gasteiger charge is -2.12. The number of aromatic nitrogens is 2. The first-order valence-corrected chi connectivity index (χ1v) is 11.6. The molecule has 0 saturated heterocycles. The van der Waals surface area contributed by atoms with Gasteiger partial charge in [0.25, 0.3) is 5.91 Å². The van der Waals surface area contributed by atoms with Gasteiger partial charge in [0.05, 0.1) is 11.0 Å². The van der Waals surface area contributed by atoms with Gasteiger partial charge in [-0.25, -0.2) is 4.98 Å². The van der Waals surface area contributed by atoms with Gasteiger partial charge in [-0.1, -0.05) is 61.8 Å². The molecule has 1 aromatic heterocycles. The number of para-hydroxylation sites is 2. The van der Waals surface area contributed by atoms with E-state index in [0.717, 1.165) is 23.4 Å². The summed E-state index contributed by atoms with van der Waals surface area (Å²) in [7, 11) is 0. The molecule has 3 aromatic carbocycles. The number of hydrogen-bond acceptors (Lipinski definition) is 3. The number of benzene rings is 3. The van der Waals surface area contributed by atoms with Gasteiger partial charge in [0.2, 0.25) is 0 Å². The minimum atomic E-state index is -0.170. The summed E-state index contributed by atoms with van der Waals surface area (Å²) in [5.41, 5.74) is 4.61. The Morgan fingerprint density at radius 3 is 2.48 bits per heavy atom. The van der Waals surface area contributed by atoms with E-state index in [9.17, 15) is 4.79 Å². The fraction of sp³-hybridized carbons (Fsp3) is 0.259. The van der Waals surface area contributed by atoms with Crippen LogP contribution in [0, 0.1) is 0 Å². The number of imidazole rings is 1. The predicted molar refractivity (Wildman–Crippen MR) is 133 cm³/mol. The van der Waals surface area contributed by atoms with E-state index in [0.29, 0.717) is 29.7 Å². The van der Waals surface area contributed by atoms with Crippen LogP contribution in [0.15, 0.2) is 72.8 Å². The van der Waals surface area contributed by atoms with Crippen LogP contribution in [0.25, 0.3) is 11.0 Å². The van der Waals surface area contributed by atoms with E-state index in [2.05, 4.69) is 54.1 Å². The Hall–Kier alpha value is -3.31. The van der Waals surface area contributed by atoms with Crippen molar-refractivity contribution in [3.63, 3.8) is 0 Å². The van der Waals surface area contributed by atoms with Crippen molar-refractivity contribution in [1.29, 1.82) is 0 Å². The minimum Gasteiger partial charge on any atom is -0.484 e. The normalized spacial score (nSPS) is 11.2. The third kappa shape index (κ3) is 5.93. The van der Waals surface area contributed by atoms with Crippen LogP contribution in [0.1, 0.15) is 36.7 Å². The van der Waals surface area contributed by atoms with E-state index >= 15 is 0 Å². The second kappa shape index (κ2) is 10.5. The van der Waals surface area contributed by atoms with E-state index in [1.807, 2.05) is 18.2 Å². The molecular weight excluding hydrogens is 434 g/mol. The van der Waals surface area contributed by atoms with Crippen LogP contribution in [0.5, 0.6) is 5.75 Å². The fourth-order valence-electron chi connectivity index (χ4n) is 3.73. The quantitative estimate of drug-likeness (QED) is 0.353. The molecule has 170 valence electrons. The Morgan fingerprint density at radius 2 is 1.76 bits per heavy atom. The Balaban J connectivity index is 1.39. The number of fused-ring (bicyclic) bond motifs is 1.